The van der Waals surface area contributed by atoms with Crippen molar-refractivity contribution in [2.24, 2.45) is 11.7 Å². The van der Waals surface area contributed by atoms with Gasteiger partial charge >= 0.3 is 18.0 Å². The SMILES string of the molecule is CCOC(=O)[C@H](CSC(c1ccccc1)(c1ccccc1)c1ccccc1)CC(=O)[C@H](CC(=O)OC(C)(C)C)NC(=O)[C@H](CN)NC(=O)OC(C)(C)C. The number of nitrogens with two attached hydrogens (primary N) is 1. The number of carbonyl (C=O) groups is 5. The fraction of sp³-hybridized carbons (Fsp3) is 0.439. The molecule has 11 nitrogen and oxygen atoms in total. The molecule has 0 heterocycles. The van der Waals surface area contributed by atoms with Crippen molar-refractivity contribution in [2.45, 2.75) is 89.3 Å². The van der Waals surface area contributed by atoms with Crippen molar-refractivity contribution in [1.82, 2.24) is 10.6 Å². The van der Waals surface area contributed by atoms with E-state index in [1.54, 1.807) is 48.5 Å². The number of nitrogens with one attached hydrogen (secondary N) is 2. The fourth-order valence-corrected chi connectivity index (χ4v) is 7.21. The van der Waals surface area contributed by atoms with Gasteiger partial charge in [-0.15, -0.1) is 11.8 Å². The molecule has 0 aliphatic rings. The Morgan fingerprint density at radius 2 is 1.15 bits per heavy atom. The number of esters is 2. The van der Waals surface area contributed by atoms with Crippen LogP contribution in [0, 0.1) is 5.92 Å². The molecular formula is C41H53N3O8S. The number of carbonyl (C=O) groups excluding carboxylic acids is 5. The van der Waals surface area contributed by atoms with Crippen LogP contribution in [-0.4, -0.2) is 71.9 Å². The summed E-state index contributed by atoms with van der Waals surface area (Å²) in [6.45, 7) is 11.5. The van der Waals surface area contributed by atoms with Crippen LogP contribution < -0.4 is 16.4 Å². The number of thioether (sulfide) groups is 1. The highest BCUT2D eigenvalue weighted by molar-refractivity contribution is 8.00. The van der Waals surface area contributed by atoms with Gasteiger partial charge in [0.25, 0.3) is 0 Å². The molecule has 53 heavy (non-hydrogen) atoms. The molecule has 3 aromatic carbocycles. The highest BCUT2D eigenvalue weighted by Crippen LogP contribution is 2.49. The fourth-order valence-electron chi connectivity index (χ4n) is 5.60. The first-order valence-corrected chi connectivity index (χ1v) is 18.7. The summed E-state index contributed by atoms with van der Waals surface area (Å²) in [5, 5.41) is 5.00. The van der Waals surface area contributed by atoms with Crippen molar-refractivity contribution in [3.05, 3.63) is 108 Å². The number of benzene rings is 3. The second-order valence-corrected chi connectivity index (χ2v) is 15.7. The Labute approximate surface area is 317 Å². The molecule has 0 unspecified atom stereocenters. The first-order chi connectivity index (χ1) is 25.0. The Balaban J connectivity index is 1.99. The number of ketones is 1. The third kappa shape index (κ3) is 13.0. The number of Topliss-reactive ketones (excluding diaryl/α,β-unsaturated/α-hetero) is 1. The van der Waals surface area contributed by atoms with Crippen LogP contribution in [0.25, 0.3) is 0 Å². The topological polar surface area (TPSA) is 163 Å². The average Bonchev–Trinajstić information content (AvgIpc) is 3.09. The van der Waals surface area contributed by atoms with Gasteiger partial charge in [-0.3, -0.25) is 19.2 Å². The molecule has 0 aliphatic carbocycles. The number of hydrogen-bond donors (Lipinski definition) is 3. The van der Waals surface area contributed by atoms with Crippen LogP contribution >= 0.6 is 11.8 Å². The van der Waals surface area contributed by atoms with Crippen molar-refractivity contribution < 1.29 is 38.2 Å². The summed E-state index contributed by atoms with van der Waals surface area (Å²) in [5.41, 5.74) is 7.03. The molecule has 0 fully saturated rings. The standard InChI is InChI=1S/C41H53N3O8S/c1-8-50-37(48)28(27-53-41(29-18-12-9-13-19-29,30-20-14-10-15-21-30)31-22-16-11-17-23-31)24-34(45)32(25-35(46)51-39(2,3)4)43-36(47)33(26-42)44-38(49)52-40(5,6)7/h9-23,28,32-33H,8,24-27,42H2,1-7H3,(H,43,47)(H,44,49)/t28-,32-,33-/m0/s1. The summed E-state index contributed by atoms with van der Waals surface area (Å²) in [6.07, 6.45) is -1.76. The molecule has 0 saturated heterocycles. The van der Waals surface area contributed by atoms with Gasteiger partial charge in [0.1, 0.15) is 17.2 Å². The van der Waals surface area contributed by atoms with Crippen LogP contribution in [0.2, 0.25) is 0 Å². The van der Waals surface area contributed by atoms with Gasteiger partial charge in [0.05, 0.1) is 29.7 Å². The zero-order chi connectivity index (χ0) is 39.2. The number of hydrogen-bond acceptors (Lipinski definition) is 10. The second-order valence-electron chi connectivity index (χ2n) is 14.5. The molecule has 3 aromatic rings. The normalized spacial score (nSPS) is 13.5. The second kappa shape index (κ2) is 19.4. The van der Waals surface area contributed by atoms with Crippen molar-refractivity contribution >= 4 is 41.5 Å². The molecular weight excluding hydrogens is 695 g/mol. The van der Waals surface area contributed by atoms with Gasteiger partial charge in [0.15, 0.2) is 5.78 Å². The Hall–Kier alpha value is -4.68. The lowest BCUT2D eigenvalue weighted by Crippen LogP contribution is -2.55. The summed E-state index contributed by atoms with van der Waals surface area (Å²) in [5.74, 6) is -3.56. The molecule has 3 atom stereocenters. The molecule has 4 N–H and O–H groups in total. The van der Waals surface area contributed by atoms with Crippen molar-refractivity contribution in [2.75, 3.05) is 18.9 Å². The summed E-state index contributed by atoms with van der Waals surface area (Å²) in [6, 6.07) is 27.1. The number of ether oxygens (including phenoxy) is 3. The van der Waals surface area contributed by atoms with Crippen LogP contribution in [0.1, 0.15) is 78.0 Å². The van der Waals surface area contributed by atoms with Gasteiger partial charge in [0, 0.05) is 18.7 Å². The summed E-state index contributed by atoms with van der Waals surface area (Å²) in [4.78, 5) is 66.7. The quantitative estimate of drug-likeness (QED) is 0.0859. The smallest absolute Gasteiger partial charge is 0.408 e. The van der Waals surface area contributed by atoms with Gasteiger partial charge in [0.2, 0.25) is 5.91 Å². The van der Waals surface area contributed by atoms with Crippen molar-refractivity contribution in [3.8, 4) is 0 Å². The maximum atomic E-state index is 14.2. The molecule has 2 amide bonds. The lowest BCUT2D eigenvalue weighted by atomic mass is 9.84. The summed E-state index contributed by atoms with van der Waals surface area (Å²) < 4.78 is 15.4. The lowest BCUT2D eigenvalue weighted by molar-refractivity contribution is -0.156. The molecule has 0 radical (unpaired) electrons. The number of amides is 2. The Morgan fingerprint density at radius 3 is 1.57 bits per heavy atom. The van der Waals surface area contributed by atoms with Crippen LogP contribution in [0.4, 0.5) is 4.79 Å². The van der Waals surface area contributed by atoms with Crippen molar-refractivity contribution in [1.29, 1.82) is 0 Å². The van der Waals surface area contributed by atoms with Gasteiger partial charge in [-0.25, -0.2) is 4.79 Å². The van der Waals surface area contributed by atoms with Crippen LogP contribution in [-0.2, 0) is 38.1 Å². The van der Waals surface area contributed by atoms with E-state index in [0.717, 1.165) is 16.7 Å². The molecule has 0 spiro atoms. The van der Waals surface area contributed by atoms with Gasteiger partial charge in [-0.05, 0) is 65.2 Å². The number of alkyl carbamates (subject to hydrolysis) is 1. The zero-order valence-corrected chi connectivity index (χ0v) is 32.5. The van der Waals surface area contributed by atoms with Crippen LogP contribution in [0.5, 0.6) is 0 Å². The van der Waals surface area contributed by atoms with E-state index in [9.17, 15) is 24.0 Å². The molecule has 0 aromatic heterocycles. The van der Waals surface area contributed by atoms with E-state index in [1.165, 1.54) is 11.8 Å². The first-order valence-electron chi connectivity index (χ1n) is 17.7. The van der Waals surface area contributed by atoms with Gasteiger partial charge in [-0.2, -0.15) is 0 Å². The number of rotatable bonds is 17. The monoisotopic (exact) mass is 747 g/mol. The van der Waals surface area contributed by atoms with E-state index in [4.69, 9.17) is 19.9 Å². The van der Waals surface area contributed by atoms with Crippen LogP contribution in [0.3, 0.4) is 0 Å². The molecule has 286 valence electrons. The minimum Gasteiger partial charge on any atom is -0.466 e. The van der Waals surface area contributed by atoms with Gasteiger partial charge < -0.3 is 30.6 Å². The van der Waals surface area contributed by atoms with E-state index in [-0.39, 0.29) is 25.3 Å². The third-order valence-corrected chi connectivity index (χ3v) is 9.56. The largest absolute Gasteiger partial charge is 0.466 e. The Kier molecular flexibility index (Phi) is 15.7. The molecule has 0 saturated carbocycles. The molecule has 0 aliphatic heterocycles. The maximum Gasteiger partial charge on any atom is 0.408 e. The maximum absolute atomic E-state index is 14.2. The predicted octanol–water partition coefficient (Wildman–Crippen LogP) is 5.92. The predicted molar refractivity (Wildman–Crippen MR) is 206 cm³/mol. The highest BCUT2D eigenvalue weighted by Gasteiger charge is 2.40. The lowest BCUT2D eigenvalue weighted by Gasteiger charge is -2.36. The van der Waals surface area contributed by atoms with E-state index in [2.05, 4.69) is 10.6 Å². The minimum absolute atomic E-state index is 0.0853. The summed E-state index contributed by atoms with van der Waals surface area (Å²) in [7, 11) is 0. The third-order valence-electron chi connectivity index (χ3n) is 7.85. The molecule has 0 bridgehead atoms. The van der Waals surface area contributed by atoms with E-state index < -0.39 is 70.1 Å². The zero-order valence-electron chi connectivity index (χ0n) is 31.7. The minimum atomic E-state index is -1.41. The van der Waals surface area contributed by atoms with Crippen molar-refractivity contribution in [3.63, 3.8) is 0 Å². The van der Waals surface area contributed by atoms with E-state index in [1.807, 2.05) is 91.0 Å². The average molecular weight is 748 g/mol. The first kappa shape index (κ1) is 42.7. The highest BCUT2D eigenvalue weighted by atomic mass is 32.2. The molecule has 12 heteroatoms. The Morgan fingerprint density at radius 1 is 0.679 bits per heavy atom. The Bertz CT molecular complexity index is 1560. The van der Waals surface area contributed by atoms with E-state index >= 15 is 0 Å². The summed E-state index contributed by atoms with van der Waals surface area (Å²) >= 11 is 1.49. The molecule has 3 rings (SSSR count). The van der Waals surface area contributed by atoms with Gasteiger partial charge in [-0.1, -0.05) is 91.0 Å². The van der Waals surface area contributed by atoms with Crippen LogP contribution in [0.15, 0.2) is 91.0 Å². The van der Waals surface area contributed by atoms with E-state index in [0.29, 0.717) is 0 Å².